The van der Waals surface area contributed by atoms with E-state index in [0.717, 1.165) is 44.5 Å². The second-order valence-corrected chi connectivity index (χ2v) is 20.4. The summed E-state index contributed by atoms with van der Waals surface area (Å²) in [5, 5.41) is 0. The molecule has 5 heterocycles. The third-order valence-electron chi connectivity index (χ3n) is 15.8. The van der Waals surface area contributed by atoms with Crippen LogP contribution in [0.25, 0.3) is 123 Å². The highest BCUT2D eigenvalue weighted by molar-refractivity contribution is 6.09. The number of rotatable bonds is 16. The Morgan fingerprint density at radius 3 is 0.795 bits per heavy atom. The Hall–Kier alpha value is -11.5. The number of benzene rings is 8. The van der Waals surface area contributed by atoms with Crippen LogP contribution < -0.4 is 37.9 Å². The van der Waals surface area contributed by atoms with Gasteiger partial charge in [-0.2, -0.15) is 0 Å². The van der Waals surface area contributed by atoms with E-state index >= 15 is 0 Å². The first-order valence-electron chi connectivity index (χ1n) is 28.4. The molecule has 0 radical (unpaired) electrons. The molecule has 5 aromatic heterocycles. The van der Waals surface area contributed by atoms with Crippen LogP contribution in [-0.4, -0.2) is 95.9 Å². The van der Waals surface area contributed by atoms with Gasteiger partial charge in [0.2, 0.25) is 0 Å². The van der Waals surface area contributed by atoms with E-state index in [1.165, 1.54) is 0 Å². The van der Waals surface area contributed by atoms with Gasteiger partial charge in [-0.15, -0.1) is 0 Å². The molecule has 0 saturated heterocycles. The van der Waals surface area contributed by atoms with Crippen molar-refractivity contribution in [2.24, 2.45) is 0 Å². The first kappa shape index (κ1) is 55.7. The fraction of sp³-hybridized carbons (Fsp3) is 0.111. The van der Waals surface area contributed by atoms with Gasteiger partial charge in [0, 0.05) is 66.8 Å². The van der Waals surface area contributed by atoms with Crippen LogP contribution in [-0.2, 0) is 0 Å². The van der Waals surface area contributed by atoms with Crippen LogP contribution in [0.4, 0.5) is 0 Å². The van der Waals surface area contributed by atoms with Crippen LogP contribution in [0, 0.1) is 0 Å². The van der Waals surface area contributed by atoms with Crippen molar-refractivity contribution in [1.29, 1.82) is 0 Å². The van der Waals surface area contributed by atoms with Crippen LogP contribution in [0.5, 0.6) is 46.0 Å². The molecule has 0 aliphatic carbocycles. The van der Waals surface area contributed by atoms with E-state index < -0.39 is 0 Å². The average Bonchev–Trinajstić information content (AvgIpc) is 1.76. The van der Waals surface area contributed by atoms with Crippen LogP contribution in [0.2, 0.25) is 0 Å². The maximum absolute atomic E-state index is 6.37. The molecule has 13 aromatic rings. The molecular formula is C72H62N8O8. The lowest BCUT2D eigenvalue weighted by Gasteiger charge is -2.14. The average molecular weight is 1170 g/mol. The Kier molecular flexibility index (Phi) is 15.1. The third-order valence-corrected chi connectivity index (χ3v) is 15.8. The Balaban J connectivity index is 1.42. The molecule has 0 aliphatic rings. The smallest absolute Gasteiger partial charge is 0.150 e. The van der Waals surface area contributed by atoms with Crippen LogP contribution in [0.3, 0.4) is 0 Å². The highest BCUT2D eigenvalue weighted by atomic mass is 16.5. The second-order valence-electron chi connectivity index (χ2n) is 20.4. The van der Waals surface area contributed by atoms with Crippen molar-refractivity contribution in [3.05, 3.63) is 206 Å². The predicted molar refractivity (Wildman–Crippen MR) is 348 cm³/mol. The zero-order valence-electron chi connectivity index (χ0n) is 49.7. The zero-order valence-corrected chi connectivity index (χ0v) is 49.7. The van der Waals surface area contributed by atoms with Gasteiger partial charge < -0.3 is 57.8 Å². The summed E-state index contributed by atoms with van der Waals surface area (Å²) in [5.74, 6) is 4.76. The van der Waals surface area contributed by atoms with Gasteiger partial charge in [-0.1, -0.05) is 133 Å². The van der Waals surface area contributed by atoms with E-state index in [0.29, 0.717) is 125 Å². The van der Waals surface area contributed by atoms with Gasteiger partial charge in [-0.05, 0) is 72.8 Å². The maximum Gasteiger partial charge on any atom is 0.150 e. The van der Waals surface area contributed by atoms with E-state index in [4.69, 9.17) is 47.9 Å². The number of para-hydroxylation sites is 10. The van der Waals surface area contributed by atoms with Crippen molar-refractivity contribution in [2.45, 2.75) is 0 Å². The van der Waals surface area contributed by atoms with E-state index in [9.17, 15) is 0 Å². The molecule has 438 valence electrons. The molecule has 0 saturated carbocycles. The quantitative estimate of drug-likeness (QED) is 0.0729. The number of aromatic nitrogens is 8. The molecule has 0 spiro atoms. The number of H-pyrrole nitrogens is 4. The van der Waals surface area contributed by atoms with E-state index in [-0.39, 0.29) is 0 Å². The normalized spacial score (nSPS) is 11.2. The van der Waals surface area contributed by atoms with Crippen LogP contribution in [0.1, 0.15) is 0 Å². The number of hydrogen-bond acceptors (Lipinski definition) is 10. The van der Waals surface area contributed by atoms with Gasteiger partial charge in [0.25, 0.3) is 0 Å². The Labute approximate surface area is 507 Å². The monoisotopic (exact) mass is 1170 g/mol. The highest BCUT2D eigenvalue weighted by Gasteiger charge is 2.31. The lowest BCUT2D eigenvalue weighted by atomic mass is 9.96. The predicted octanol–water partition coefficient (Wildman–Crippen LogP) is 16.3. The molecule has 0 fully saturated rings. The standard InChI is InChI=1S/C72H62N8O8/c1-81-51-33-17-9-25-43(51)61-62(44-26-10-18-34-52(44)82-2)68-76-67(61)77-71-65(47-29-13-21-37-55(47)85-5)63(45-27-11-19-35-53(45)83-3)69(79(71)49-31-15-23-39-57(49)87-7)74-59-41-42-60(73-59)75-70-64(46-28-12-20-36-54(46)84-4)66(48-30-14-22-38-56(48)86-6)72(78-68)80(70)50-32-16-24-40-58(50)88-8/h9-42,76-78H,1-8H3,(H,73,74,75). The number of nitrogens with zero attached hydrogens (tertiary/aromatic N) is 4. The van der Waals surface area contributed by atoms with Gasteiger partial charge >= 0.3 is 0 Å². The number of nitrogens with one attached hydrogen (secondary N) is 4. The lowest BCUT2D eigenvalue weighted by molar-refractivity contribution is 0.413. The summed E-state index contributed by atoms with van der Waals surface area (Å²) in [5.41, 5.74) is 14.2. The Bertz CT molecular complexity index is 4600. The fourth-order valence-corrected chi connectivity index (χ4v) is 12.0. The molecule has 0 aliphatic heterocycles. The van der Waals surface area contributed by atoms with Crippen LogP contribution in [0.15, 0.2) is 206 Å². The van der Waals surface area contributed by atoms with Gasteiger partial charge in [0.1, 0.15) is 91.2 Å². The van der Waals surface area contributed by atoms with Crippen molar-refractivity contribution in [1.82, 2.24) is 39.0 Å². The minimum atomic E-state index is 0.474. The summed E-state index contributed by atoms with van der Waals surface area (Å²) in [6, 6.07) is 67.4. The third kappa shape index (κ3) is 9.52. The number of fused-ring (bicyclic) bond motifs is 8. The molecule has 13 rings (SSSR count). The molecular weight excluding hydrogens is 1100 g/mol. The second kappa shape index (κ2) is 23.9. The molecule has 0 unspecified atom stereocenters. The van der Waals surface area contributed by atoms with Crippen molar-refractivity contribution < 1.29 is 37.9 Å². The molecule has 0 amide bonds. The lowest BCUT2D eigenvalue weighted by Crippen LogP contribution is -2.01. The van der Waals surface area contributed by atoms with E-state index in [1.807, 2.05) is 194 Å². The minimum absolute atomic E-state index is 0.474. The van der Waals surface area contributed by atoms with Gasteiger partial charge in [0.15, 0.2) is 0 Å². The number of methoxy groups -OCH3 is 8. The van der Waals surface area contributed by atoms with Crippen LogP contribution >= 0.6 is 0 Å². The minimum Gasteiger partial charge on any atom is -0.496 e. The largest absolute Gasteiger partial charge is 0.496 e. The molecule has 8 bridgehead atoms. The Morgan fingerprint density at radius 2 is 0.500 bits per heavy atom. The first-order chi connectivity index (χ1) is 43.3. The van der Waals surface area contributed by atoms with Crippen molar-refractivity contribution in [3.8, 4) is 124 Å². The molecule has 8 aromatic carbocycles. The summed E-state index contributed by atoms with van der Waals surface area (Å²) in [6.45, 7) is 0. The first-order valence-corrected chi connectivity index (χ1v) is 28.4. The van der Waals surface area contributed by atoms with Gasteiger partial charge in [-0.3, -0.25) is 9.13 Å². The van der Waals surface area contributed by atoms with E-state index in [2.05, 4.69) is 41.2 Å². The molecule has 0 atom stereocenters. The number of ether oxygens (including phenoxy) is 8. The number of aromatic amines is 4. The SMILES string of the molecule is COc1ccccc1-c1c(-c2ccccc2OC)c2[nH]c1[nH]c1c(-c3ccccc3OC)c(-c3ccccc3OC)c(nc3ccc(nc4c(-c5ccccc5OC)c(-c5ccccc5OC)c([nH]2)n4-c2ccccc2OC)[nH]3)n1-c1ccccc1OC. The molecule has 88 heavy (non-hydrogen) atoms. The van der Waals surface area contributed by atoms with Gasteiger partial charge in [-0.25, -0.2) is 9.97 Å². The zero-order chi connectivity index (χ0) is 60.4. The van der Waals surface area contributed by atoms with Crippen molar-refractivity contribution in [3.63, 3.8) is 0 Å². The summed E-state index contributed by atoms with van der Waals surface area (Å²) in [7, 11) is 13.4. The highest BCUT2D eigenvalue weighted by Crippen LogP contribution is 2.52. The van der Waals surface area contributed by atoms with Crippen molar-refractivity contribution >= 4 is 45.2 Å². The molecule has 4 N–H and O–H groups in total. The van der Waals surface area contributed by atoms with E-state index in [1.54, 1.807) is 56.9 Å². The van der Waals surface area contributed by atoms with Gasteiger partial charge in [0.05, 0.1) is 68.3 Å². The summed E-state index contributed by atoms with van der Waals surface area (Å²) in [6.07, 6.45) is 0. The number of hydrogen-bond donors (Lipinski definition) is 4. The Morgan fingerprint density at radius 1 is 0.250 bits per heavy atom. The summed E-state index contributed by atoms with van der Waals surface area (Å²) >= 11 is 0. The van der Waals surface area contributed by atoms with Crippen molar-refractivity contribution in [2.75, 3.05) is 56.9 Å². The summed E-state index contributed by atoms with van der Waals surface area (Å²) < 4.78 is 54.8. The summed E-state index contributed by atoms with van der Waals surface area (Å²) in [4.78, 5) is 27.4. The maximum atomic E-state index is 6.37. The molecule has 16 heteroatoms. The topological polar surface area (TPSA) is 173 Å². The molecule has 16 nitrogen and oxygen atoms in total. The fourth-order valence-electron chi connectivity index (χ4n) is 12.0.